The van der Waals surface area contributed by atoms with Crippen LogP contribution in [0.2, 0.25) is 0 Å². The Kier molecular flexibility index (Phi) is 2.96. The van der Waals surface area contributed by atoms with Gasteiger partial charge in [-0.25, -0.2) is 18.0 Å². The van der Waals surface area contributed by atoms with E-state index in [0.29, 0.717) is 0 Å². The number of halogens is 3. The van der Waals surface area contributed by atoms with Crippen molar-refractivity contribution in [3.63, 3.8) is 0 Å². The van der Waals surface area contributed by atoms with E-state index >= 15 is 0 Å². The van der Waals surface area contributed by atoms with Crippen LogP contribution in [0, 0.1) is 22.9 Å². The topological polar surface area (TPSA) is 38.3 Å². The van der Waals surface area contributed by atoms with E-state index in [4.69, 9.17) is 4.74 Å². The summed E-state index contributed by atoms with van der Waals surface area (Å²) in [6.07, 6.45) is -0.705. The molecule has 1 aliphatic heterocycles. The summed E-state index contributed by atoms with van der Waals surface area (Å²) < 4.78 is 44.6. The minimum atomic E-state index is -1.54. The van der Waals surface area contributed by atoms with Crippen molar-refractivity contribution in [2.75, 3.05) is 6.61 Å². The van der Waals surface area contributed by atoms with Crippen molar-refractivity contribution in [1.82, 2.24) is 5.32 Å². The quantitative estimate of drug-likeness (QED) is 0.787. The Balaban J connectivity index is 2.47. The van der Waals surface area contributed by atoms with E-state index in [0.717, 1.165) is 12.1 Å². The lowest BCUT2D eigenvalue weighted by Crippen LogP contribution is -2.47. The number of cyclic esters (lactones) is 1. The van der Waals surface area contributed by atoms with Crippen molar-refractivity contribution in [2.45, 2.75) is 19.9 Å². The molecule has 98 valence electrons. The molecule has 0 spiro atoms. The predicted molar refractivity (Wildman–Crippen MR) is 57.3 cm³/mol. The summed E-state index contributed by atoms with van der Waals surface area (Å²) in [7, 11) is 0. The van der Waals surface area contributed by atoms with Gasteiger partial charge in [0.05, 0.1) is 6.04 Å². The van der Waals surface area contributed by atoms with Gasteiger partial charge in [0.15, 0.2) is 17.5 Å². The van der Waals surface area contributed by atoms with Crippen molar-refractivity contribution in [3.8, 4) is 0 Å². The van der Waals surface area contributed by atoms with Crippen LogP contribution in [-0.4, -0.2) is 12.7 Å². The second-order valence-corrected chi connectivity index (χ2v) is 4.91. The van der Waals surface area contributed by atoms with Gasteiger partial charge in [-0.2, -0.15) is 0 Å². The molecule has 0 aliphatic carbocycles. The van der Waals surface area contributed by atoms with Gasteiger partial charge in [-0.3, -0.25) is 0 Å². The first-order chi connectivity index (χ1) is 8.33. The Labute approximate surface area is 102 Å². The molecular weight excluding hydrogens is 247 g/mol. The van der Waals surface area contributed by atoms with Crippen LogP contribution in [0.25, 0.3) is 0 Å². The summed E-state index contributed by atoms with van der Waals surface area (Å²) in [4.78, 5) is 11.2. The SMILES string of the molecule is CC1(C)COC(=O)N[C@H]1c1ccc(F)c(F)c1F. The predicted octanol–water partition coefficient (Wildman–Crippen LogP) is 2.91. The third-order valence-corrected chi connectivity index (χ3v) is 2.99. The molecule has 2 rings (SSSR count). The summed E-state index contributed by atoms with van der Waals surface area (Å²) in [5.41, 5.74) is -0.713. The second-order valence-electron chi connectivity index (χ2n) is 4.91. The van der Waals surface area contributed by atoms with Crippen molar-refractivity contribution in [2.24, 2.45) is 5.41 Å². The second kappa shape index (κ2) is 4.19. The molecule has 0 unspecified atom stereocenters. The summed E-state index contributed by atoms with van der Waals surface area (Å²) in [6.45, 7) is 3.54. The molecular formula is C12H12F3NO2. The molecule has 0 radical (unpaired) electrons. The molecule has 3 nitrogen and oxygen atoms in total. The summed E-state index contributed by atoms with van der Waals surface area (Å²) in [5, 5.41) is 2.42. The van der Waals surface area contributed by atoms with Crippen molar-refractivity contribution < 1.29 is 22.7 Å². The first kappa shape index (κ1) is 12.7. The van der Waals surface area contributed by atoms with Gasteiger partial charge in [0.2, 0.25) is 0 Å². The Hall–Kier alpha value is -1.72. The van der Waals surface area contributed by atoms with Gasteiger partial charge in [0, 0.05) is 11.0 Å². The van der Waals surface area contributed by atoms with E-state index in [1.165, 1.54) is 0 Å². The molecule has 1 aliphatic rings. The highest BCUT2D eigenvalue weighted by molar-refractivity contribution is 5.69. The normalized spacial score (nSPS) is 22.3. The number of rotatable bonds is 1. The van der Waals surface area contributed by atoms with Crippen molar-refractivity contribution >= 4 is 6.09 Å². The van der Waals surface area contributed by atoms with Crippen LogP contribution < -0.4 is 5.32 Å². The lowest BCUT2D eigenvalue weighted by atomic mass is 9.80. The number of hydrogen-bond donors (Lipinski definition) is 1. The lowest BCUT2D eigenvalue weighted by molar-refractivity contribution is 0.0375. The molecule has 6 heteroatoms. The van der Waals surface area contributed by atoms with Crippen LogP contribution >= 0.6 is 0 Å². The van der Waals surface area contributed by atoms with Gasteiger partial charge >= 0.3 is 6.09 Å². The molecule has 0 saturated carbocycles. The Bertz CT molecular complexity index is 502. The maximum Gasteiger partial charge on any atom is 0.407 e. The highest BCUT2D eigenvalue weighted by atomic mass is 19.2. The number of ether oxygens (including phenoxy) is 1. The highest BCUT2D eigenvalue weighted by Crippen LogP contribution is 2.38. The van der Waals surface area contributed by atoms with Crippen molar-refractivity contribution in [3.05, 3.63) is 35.1 Å². The summed E-state index contributed by atoms with van der Waals surface area (Å²) in [6, 6.07) is 1.20. The maximum atomic E-state index is 13.7. The van der Waals surface area contributed by atoms with Crippen LogP contribution in [-0.2, 0) is 4.74 Å². The third kappa shape index (κ3) is 2.02. The van der Waals surface area contributed by atoms with E-state index in [9.17, 15) is 18.0 Å². The largest absolute Gasteiger partial charge is 0.449 e. The summed E-state index contributed by atoms with van der Waals surface area (Å²) >= 11 is 0. The van der Waals surface area contributed by atoms with E-state index in [1.807, 2.05) is 0 Å². The fraction of sp³-hybridized carbons (Fsp3) is 0.417. The standard InChI is InChI=1S/C12H12F3NO2/c1-12(2)5-18-11(17)16-10(12)6-3-4-7(13)9(15)8(6)14/h3-4,10H,5H2,1-2H3,(H,16,17)/t10-/m0/s1. The Morgan fingerprint density at radius 2 is 1.94 bits per heavy atom. The zero-order valence-corrected chi connectivity index (χ0v) is 9.89. The molecule has 1 atom stereocenters. The summed E-state index contributed by atoms with van der Waals surface area (Å²) in [5.74, 6) is -4.08. The maximum absolute atomic E-state index is 13.7. The highest BCUT2D eigenvalue weighted by Gasteiger charge is 2.39. The van der Waals surface area contributed by atoms with E-state index in [1.54, 1.807) is 13.8 Å². The minimum absolute atomic E-state index is 0.0714. The number of benzene rings is 1. The zero-order chi connectivity index (χ0) is 13.5. The number of carbonyl (C=O) groups is 1. The van der Waals surface area contributed by atoms with E-state index in [2.05, 4.69) is 5.32 Å². The van der Waals surface area contributed by atoms with Crippen LogP contribution in [0.3, 0.4) is 0 Å². The van der Waals surface area contributed by atoms with Crippen molar-refractivity contribution in [1.29, 1.82) is 0 Å². The molecule has 1 aromatic carbocycles. The van der Waals surface area contributed by atoms with Gasteiger partial charge in [-0.15, -0.1) is 0 Å². The van der Waals surface area contributed by atoms with Crippen LogP contribution in [0.1, 0.15) is 25.5 Å². The lowest BCUT2D eigenvalue weighted by Gasteiger charge is -2.38. The Morgan fingerprint density at radius 3 is 2.61 bits per heavy atom. The number of amides is 1. The molecule has 1 heterocycles. The average Bonchev–Trinajstić information content (AvgIpc) is 2.30. The van der Waals surface area contributed by atoms with Gasteiger partial charge in [-0.1, -0.05) is 19.9 Å². The minimum Gasteiger partial charge on any atom is -0.449 e. The smallest absolute Gasteiger partial charge is 0.407 e. The van der Waals surface area contributed by atoms with Crippen LogP contribution in [0.4, 0.5) is 18.0 Å². The molecule has 18 heavy (non-hydrogen) atoms. The molecule has 0 aromatic heterocycles. The number of nitrogens with one attached hydrogen (secondary N) is 1. The zero-order valence-electron chi connectivity index (χ0n) is 9.89. The van der Waals surface area contributed by atoms with Gasteiger partial charge in [0.25, 0.3) is 0 Å². The van der Waals surface area contributed by atoms with E-state index in [-0.39, 0.29) is 12.2 Å². The number of alkyl carbamates (subject to hydrolysis) is 1. The van der Waals surface area contributed by atoms with E-state index < -0.39 is 35.0 Å². The molecule has 1 fully saturated rings. The first-order valence-electron chi connectivity index (χ1n) is 5.39. The fourth-order valence-electron chi connectivity index (χ4n) is 1.95. The molecule has 1 amide bonds. The van der Waals surface area contributed by atoms with Gasteiger partial charge < -0.3 is 10.1 Å². The van der Waals surface area contributed by atoms with Crippen LogP contribution in [0.15, 0.2) is 12.1 Å². The third-order valence-electron chi connectivity index (χ3n) is 2.99. The van der Waals surface area contributed by atoms with Gasteiger partial charge in [-0.05, 0) is 6.07 Å². The van der Waals surface area contributed by atoms with Gasteiger partial charge in [0.1, 0.15) is 6.61 Å². The molecule has 0 bridgehead atoms. The number of carbonyl (C=O) groups excluding carboxylic acids is 1. The molecule has 1 aromatic rings. The fourth-order valence-corrected chi connectivity index (χ4v) is 1.95. The monoisotopic (exact) mass is 259 g/mol. The first-order valence-corrected chi connectivity index (χ1v) is 5.39. The average molecular weight is 259 g/mol. The number of hydrogen-bond acceptors (Lipinski definition) is 2. The molecule has 1 saturated heterocycles. The molecule has 1 N–H and O–H groups in total. The van der Waals surface area contributed by atoms with Crippen LogP contribution in [0.5, 0.6) is 0 Å². The Morgan fingerprint density at radius 1 is 1.28 bits per heavy atom.